The molecule has 1 rings (SSSR count). The van der Waals surface area contributed by atoms with E-state index >= 15 is 0 Å². The van der Waals surface area contributed by atoms with E-state index in [0.717, 1.165) is 13.0 Å². The second kappa shape index (κ2) is 6.99. The zero-order valence-corrected chi connectivity index (χ0v) is 11.7. The van der Waals surface area contributed by atoms with Crippen LogP contribution in [0.25, 0.3) is 0 Å². The van der Waals surface area contributed by atoms with Crippen LogP contribution in [-0.2, 0) is 0 Å². The number of amides is 1. The maximum Gasteiger partial charge on any atom is 0.257 e. The molecule has 0 aliphatic rings. The monoisotopic (exact) mass is 249 g/mol. The minimum absolute atomic E-state index is 0.0409. The summed E-state index contributed by atoms with van der Waals surface area (Å²) in [6.45, 7) is 9.66. The van der Waals surface area contributed by atoms with Crippen LogP contribution in [0.15, 0.2) is 18.3 Å². The van der Waals surface area contributed by atoms with Crippen molar-refractivity contribution in [2.45, 2.75) is 40.2 Å². The molecule has 0 saturated heterocycles. The number of rotatable bonds is 6. The van der Waals surface area contributed by atoms with Gasteiger partial charge in [-0.25, -0.2) is 4.98 Å². The van der Waals surface area contributed by atoms with Gasteiger partial charge in [0.2, 0.25) is 0 Å². The number of pyridine rings is 1. The number of carbonyl (C=O) groups is 1. The van der Waals surface area contributed by atoms with Crippen molar-refractivity contribution in [1.29, 1.82) is 0 Å². The van der Waals surface area contributed by atoms with Crippen molar-refractivity contribution in [2.24, 2.45) is 0 Å². The van der Waals surface area contributed by atoms with E-state index in [2.05, 4.69) is 17.2 Å². The summed E-state index contributed by atoms with van der Waals surface area (Å²) in [6.07, 6.45) is 2.71. The maximum atomic E-state index is 12.4. The molecule has 100 valence electrons. The highest BCUT2D eigenvalue weighted by Gasteiger charge is 2.20. The van der Waals surface area contributed by atoms with Crippen molar-refractivity contribution in [2.75, 3.05) is 18.4 Å². The SMILES string of the molecule is CCCNc1ncccc1C(=O)N(CC)C(C)C. The predicted molar refractivity (Wildman–Crippen MR) is 74.9 cm³/mol. The number of anilines is 1. The Morgan fingerprint density at radius 3 is 2.72 bits per heavy atom. The lowest BCUT2D eigenvalue weighted by Gasteiger charge is -2.26. The van der Waals surface area contributed by atoms with Gasteiger partial charge in [-0.05, 0) is 39.3 Å². The Morgan fingerprint density at radius 2 is 2.17 bits per heavy atom. The molecule has 1 aromatic heterocycles. The first-order valence-electron chi connectivity index (χ1n) is 6.61. The van der Waals surface area contributed by atoms with Gasteiger partial charge in [0.25, 0.3) is 5.91 Å². The van der Waals surface area contributed by atoms with Crippen molar-refractivity contribution in [3.63, 3.8) is 0 Å². The standard InChI is InChI=1S/C14H23N3O/c1-5-9-15-13-12(8-7-10-16-13)14(18)17(6-2)11(3)4/h7-8,10-11H,5-6,9H2,1-4H3,(H,15,16). The molecular formula is C14H23N3O. The normalized spacial score (nSPS) is 10.5. The van der Waals surface area contributed by atoms with Gasteiger partial charge >= 0.3 is 0 Å². The average molecular weight is 249 g/mol. The predicted octanol–water partition coefficient (Wildman–Crippen LogP) is 2.77. The molecule has 0 saturated carbocycles. The molecule has 18 heavy (non-hydrogen) atoms. The minimum Gasteiger partial charge on any atom is -0.369 e. The van der Waals surface area contributed by atoms with Gasteiger partial charge in [-0.1, -0.05) is 6.92 Å². The number of aromatic nitrogens is 1. The highest BCUT2D eigenvalue weighted by molar-refractivity contribution is 5.98. The number of hydrogen-bond donors (Lipinski definition) is 1. The lowest BCUT2D eigenvalue weighted by molar-refractivity contribution is 0.0717. The minimum atomic E-state index is 0.0409. The van der Waals surface area contributed by atoms with Crippen LogP contribution >= 0.6 is 0 Å². The van der Waals surface area contributed by atoms with Crippen LogP contribution in [0.5, 0.6) is 0 Å². The van der Waals surface area contributed by atoms with Gasteiger partial charge in [0.05, 0.1) is 5.56 Å². The molecule has 0 spiro atoms. The Kier molecular flexibility index (Phi) is 5.62. The Morgan fingerprint density at radius 1 is 1.44 bits per heavy atom. The zero-order valence-electron chi connectivity index (χ0n) is 11.7. The summed E-state index contributed by atoms with van der Waals surface area (Å²) in [5.74, 6) is 0.725. The lowest BCUT2D eigenvalue weighted by atomic mass is 10.2. The van der Waals surface area contributed by atoms with Gasteiger partial charge in [0.1, 0.15) is 5.82 Å². The van der Waals surface area contributed by atoms with Gasteiger partial charge < -0.3 is 10.2 Å². The fourth-order valence-electron chi connectivity index (χ4n) is 1.86. The van der Waals surface area contributed by atoms with Crippen LogP contribution in [0, 0.1) is 0 Å². The van der Waals surface area contributed by atoms with Gasteiger partial charge in [-0.15, -0.1) is 0 Å². The molecule has 4 heteroatoms. The topological polar surface area (TPSA) is 45.2 Å². The highest BCUT2D eigenvalue weighted by Crippen LogP contribution is 2.15. The first kappa shape index (κ1) is 14.5. The van der Waals surface area contributed by atoms with Crippen LogP contribution in [0.3, 0.4) is 0 Å². The van der Waals surface area contributed by atoms with E-state index in [9.17, 15) is 4.79 Å². The summed E-state index contributed by atoms with van der Waals surface area (Å²) < 4.78 is 0. The Labute approximate surface area is 109 Å². The van der Waals surface area contributed by atoms with Gasteiger partial charge in [0.15, 0.2) is 0 Å². The largest absolute Gasteiger partial charge is 0.369 e. The molecule has 0 aromatic carbocycles. The Bertz CT molecular complexity index is 390. The van der Waals surface area contributed by atoms with E-state index in [4.69, 9.17) is 0 Å². The molecule has 1 aromatic rings. The van der Waals surface area contributed by atoms with Crippen molar-refractivity contribution in [1.82, 2.24) is 9.88 Å². The molecule has 0 radical (unpaired) electrons. The van der Waals surface area contributed by atoms with E-state index < -0.39 is 0 Å². The van der Waals surface area contributed by atoms with Gasteiger partial charge in [-0.2, -0.15) is 0 Å². The van der Waals surface area contributed by atoms with Gasteiger partial charge in [0, 0.05) is 25.3 Å². The number of carbonyl (C=O) groups excluding carboxylic acids is 1. The summed E-state index contributed by atoms with van der Waals surface area (Å²) in [5.41, 5.74) is 0.654. The average Bonchev–Trinajstić information content (AvgIpc) is 2.37. The molecule has 0 fully saturated rings. The quantitative estimate of drug-likeness (QED) is 0.843. The Balaban J connectivity index is 2.96. The number of nitrogens with one attached hydrogen (secondary N) is 1. The molecular weight excluding hydrogens is 226 g/mol. The second-order valence-corrected chi connectivity index (χ2v) is 4.51. The third-order valence-corrected chi connectivity index (χ3v) is 2.81. The molecule has 1 heterocycles. The molecule has 1 N–H and O–H groups in total. The first-order chi connectivity index (χ1) is 8.61. The summed E-state index contributed by atoms with van der Waals surface area (Å²) >= 11 is 0. The summed E-state index contributed by atoms with van der Waals surface area (Å²) in [4.78, 5) is 18.5. The molecule has 0 atom stereocenters. The second-order valence-electron chi connectivity index (χ2n) is 4.51. The third-order valence-electron chi connectivity index (χ3n) is 2.81. The molecule has 0 bridgehead atoms. The summed E-state index contributed by atoms with van der Waals surface area (Å²) in [7, 11) is 0. The number of hydrogen-bond acceptors (Lipinski definition) is 3. The maximum absolute atomic E-state index is 12.4. The van der Waals surface area contributed by atoms with Gasteiger partial charge in [-0.3, -0.25) is 4.79 Å². The van der Waals surface area contributed by atoms with E-state index in [1.165, 1.54) is 0 Å². The van der Waals surface area contributed by atoms with Crippen LogP contribution in [0.2, 0.25) is 0 Å². The fourth-order valence-corrected chi connectivity index (χ4v) is 1.86. The third kappa shape index (κ3) is 3.45. The number of nitrogens with zero attached hydrogens (tertiary/aromatic N) is 2. The first-order valence-corrected chi connectivity index (χ1v) is 6.61. The molecule has 4 nitrogen and oxygen atoms in total. The smallest absolute Gasteiger partial charge is 0.257 e. The molecule has 0 aliphatic carbocycles. The van der Waals surface area contributed by atoms with E-state index in [0.29, 0.717) is 17.9 Å². The Hall–Kier alpha value is -1.58. The van der Waals surface area contributed by atoms with Crippen LogP contribution in [0.4, 0.5) is 5.82 Å². The molecule has 1 amide bonds. The zero-order chi connectivity index (χ0) is 13.5. The molecule has 0 unspecified atom stereocenters. The van der Waals surface area contributed by atoms with E-state index in [1.807, 2.05) is 31.7 Å². The summed E-state index contributed by atoms with van der Waals surface area (Å²) in [5, 5.41) is 3.20. The lowest BCUT2D eigenvalue weighted by Crippen LogP contribution is -2.37. The van der Waals surface area contributed by atoms with Crippen LogP contribution < -0.4 is 5.32 Å². The molecule has 0 aliphatic heterocycles. The van der Waals surface area contributed by atoms with Crippen molar-refractivity contribution in [3.05, 3.63) is 23.9 Å². The van der Waals surface area contributed by atoms with Crippen molar-refractivity contribution >= 4 is 11.7 Å². The van der Waals surface area contributed by atoms with Crippen LogP contribution in [-0.4, -0.2) is 34.9 Å². The fraction of sp³-hybridized carbons (Fsp3) is 0.571. The van der Waals surface area contributed by atoms with E-state index in [-0.39, 0.29) is 11.9 Å². The van der Waals surface area contributed by atoms with Crippen molar-refractivity contribution < 1.29 is 4.79 Å². The van der Waals surface area contributed by atoms with Crippen molar-refractivity contribution in [3.8, 4) is 0 Å². The van der Waals surface area contributed by atoms with E-state index in [1.54, 1.807) is 12.3 Å². The van der Waals surface area contributed by atoms with Crippen LogP contribution in [0.1, 0.15) is 44.5 Å². The highest BCUT2D eigenvalue weighted by atomic mass is 16.2. The summed E-state index contributed by atoms with van der Waals surface area (Å²) in [6, 6.07) is 3.83.